The Balaban J connectivity index is 1.91. The lowest BCUT2D eigenvalue weighted by atomic mass is 10.1. The molecule has 1 unspecified atom stereocenters. The van der Waals surface area contributed by atoms with Crippen LogP contribution in [0.5, 0.6) is 0 Å². The molecule has 1 fully saturated rings. The van der Waals surface area contributed by atoms with E-state index in [4.69, 9.17) is 0 Å². The first kappa shape index (κ1) is 14.5. The van der Waals surface area contributed by atoms with Gasteiger partial charge in [0, 0.05) is 19.1 Å². The first-order valence-electron chi connectivity index (χ1n) is 6.79. The van der Waals surface area contributed by atoms with Crippen molar-refractivity contribution < 1.29 is 8.42 Å². The number of benzene rings is 1. The molecule has 1 heterocycles. The Kier molecular flexibility index (Phi) is 4.96. The van der Waals surface area contributed by atoms with Crippen LogP contribution in [0, 0.1) is 0 Å². The van der Waals surface area contributed by atoms with E-state index in [1.165, 1.54) is 6.42 Å². The highest BCUT2D eigenvalue weighted by Crippen LogP contribution is 2.13. The summed E-state index contributed by atoms with van der Waals surface area (Å²) >= 11 is 0. The number of likely N-dealkylation sites (tertiary alicyclic amines) is 1. The van der Waals surface area contributed by atoms with Gasteiger partial charge in [0.25, 0.3) is 0 Å². The fraction of sp³-hybridized carbons (Fsp3) is 0.571. The normalized spacial score (nSPS) is 21.4. The Hall–Kier alpha value is -0.910. The van der Waals surface area contributed by atoms with E-state index >= 15 is 0 Å². The van der Waals surface area contributed by atoms with Crippen molar-refractivity contribution in [2.45, 2.75) is 23.8 Å². The van der Waals surface area contributed by atoms with Gasteiger partial charge in [0.05, 0.1) is 10.6 Å². The van der Waals surface area contributed by atoms with Gasteiger partial charge in [0.1, 0.15) is 0 Å². The van der Waals surface area contributed by atoms with Crippen molar-refractivity contribution in [3.8, 4) is 0 Å². The van der Waals surface area contributed by atoms with Gasteiger partial charge in [0.15, 0.2) is 9.84 Å². The number of nitrogens with zero attached hydrogens (tertiary/aromatic N) is 1. The molecule has 1 saturated heterocycles. The number of piperidine rings is 1. The van der Waals surface area contributed by atoms with Crippen LogP contribution in [0.2, 0.25) is 0 Å². The van der Waals surface area contributed by atoms with Gasteiger partial charge in [-0.2, -0.15) is 0 Å². The first-order chi connectivity index (χ1) is 9.12. The molecule has 0 bridgehead atoms. The number of sulfone groups is 1. The van der Waals surface area contributed by atoms with Crippen LogP contribution >= 0.6 is 0 Å². The Bertz CT molecular complexity index is 487. The Labute approximate surface area is 115 Å². The molecule has 0 aliphatic carbocycles. The summed E-state index contributed by atoms with van der Waals surface area (Å²) < 4.78 is 24.4. The summed E-state index contributed by atoms with van der Waals surface area (Å²) in [5.41, 5.74) is 0. The molecular weight excluding hydrogens is 260 g/mol. The quantitative estimate of drug-likeness (QED) is 0.880. The van der Waals surface area contributed by atoms with E-state index in [1.54, 1.807) is 24.3 Å². The monoisotopic (exact) mass is 282 g/mol. The van der Waals surface area contributed by atoms with Crippen molar-refractivity contribution >= 4 is 9.84 Å². The van der Waals surface area contributed by atoms with E-state index in [0.717, 1.165) is 19.5 Å². The lowest BCUT2D eigenvalue weighted by molar-refractivity contribution is 0.205. The molecule has 0 amide bonds. The number of hydrogen-bond acceptors (Lipinski definition) is 4. The Morgan fingerprint density at radius 1 is 1.32 bits per heavy atom. The molecule has 5 heteroatoms. The molecule has 1 aromatic rings. The van der Waals surface area contributed by atoms with Crippen LogP contribution in [0.3, 0.4) is 0 Å². The second-order valence-corrected chi connectivity index (χ2v) is 7.17. The summed E-state index contributed by atoms with van der Waals surface area (Å²) in [5.74, 6) is 0.202. The average molecular weight is 282 g/mol. The van der Waals surface area contributed by atoms with E-state index in [1.807, 2.05) is 13.1 Å². The van der Waals surface area contributed by atoms with Gasteiger partial charge in [-0.15, -0.1) is 0 Å². The summed E-state index contributed by atoms with van der Waals surface area (Å²) in [6, 6.07) is 9.20. The molecule has 19 heavy (non-hydrogen) atoms. The molecule has 2 rings (SSSR count). The van der Waals surface area contributed by atoms with E-state index in [9.17, 15) is 8.42 Å². The fourth-order valence-corrected chi connectivity index (χ4v) is 3.80. The summed E-state index contributed by atoms with van der Waals surface area (Å²) in [4.78, 5) is 2.67. The Morgan fingerprint density at radius 2 is 2.05 bits per heavy atom. The number of hydrogen-bond donors (Lipinski definition) is 1. The third kappa shape index (κ3) is 4.03. The van der Waals surface area contributed by atoms with Gasteiger partial charge in [-0.25, -0.2) is 8.42 Å². The number of rotatable bonds is 5. The van der Waals surface area contributed by atoms with Crippen molar-refractivity contribution in [3.05, 3.63) is 30.3 Å². The molecule has 106 valence electrons. The Morgan fingerprint density at radius 3 is 2.74 bits per heavy atom. The lowest BCUT2D eigenvalue weighted by Crippen LogP contribution is -2.45. The minimum absolute atomic E-state index is 0.202. The standard InChI is InChI=1S/C14H22N2O2S/c1-15-13-6-5-9-16(12-13)10-11-19(17,18)14-7-3-2-4-8-14/h2-4,7-8,13,15H,5-6,9-12H2,1H3. The molecule has 1 aliphatic rings. The van der Waals surface area contributed by atoms with E-state index in [-0.39, 0.29) is 5.75 Å². The molecule has 0 aromatic heterocycles. The van der Waals surface area contributed by atoms with E-state index < -0.39 is 9.84 Å². The lowest BCUT2D eigenvalue weighted by Gasteiger charge is -2.32. The zero-order valence-corrected chi connectivity index (χ0v) is 12.2. The van der Waals surface area contributed by atoms with Crippen molar-refractivity contribution in [1.82, 2.24) is 10.2 Å². The maximum Gasteiger partial charge on any atom is 0.179 e. The summed E-state index contributed by atoms with van der Waals surface area (Å²) in [6.45, 7) is 2.57. The SMILES string of the molecule is CNC1CCCN(CCS(=O)(=O)c2ccccc2)C1. The highest BCUT2D eigenvalue weighted by atomic mass is 32.2. The second kappa shape index (κ2) is 6.50. The van der Waals surface area contributed by atoms with Crippen molar-refractivity contribution in [2.24, 2.45) is 0 Å². The van der Waals surface area contributed by atoms with Gasteiger partial charge < -0.3 is 10.2 Å². The maximum absolute atomic E-state index is 12.2. The largest absolute Gasteiger partial charge is 0.316 e. The predicted octanol–water partition coefficient (Wildman–Crippen LogP) is 1.14. The van der Waals surface area contributed by atoms with Gasteiger partial charge in [-0.1, -0.05) is 18.2 Å². The maximum atomic E-state index is 12.2. The number of nitrogens with one attached hydrogen (secondary N) is 1. The third-order valence-electron chi connectivity index (χ3n) is 3.69. The summed E-state index contributed by atoms with van der Waals surface area (Å²) in [5, 5.41) is 3.27. The van der Waals surface area contributed by atoms with Crippen LogP contribution in [0.15, 0.2) is 35.2 Å². The topological polar surface area (TPSA) is 49.4 Å². The first-order valence-corrected chi connectivity index (χ1v) is 8.44. The molecule has 1 aliphatic heterocycles. The minimum Gasteiger partial charge on any atom is -0.316 e. The molecule has 1 aromatic carbocycles. The van der Waals surface area contributed by atoms with Crippen molar-refractivity contribution in [3.63, 3.8) is 0 Å². The molecule has 4 nitrogen and oxygen atoms in total. The van der Waals surface area contributed by atoms with E-state index in [2.05, 4.69) is 10.2 Å². The zero-order chi connectivity index (χ0) is 13.7. The van der Waals surface area contributed by atoms with Crippen molar-refractivity contribution in [1.29, 1.82) is 0 Å². The zero-order valence-electron chi connectivity index (χ0n) is 11.4. The van der Waals surface area contributed by atoms with Crippen LogP contribution in [-0.2, 0) is 9.84 Å². The molecule has 0 spiro atoms. The molecule has 0 saturated carbocycles. The van der Waals surface area contributed by atoms with Crippen LogP contribution < -0.4 is 5.32 Å². The molecule has 1 atom stereocenters. The average Bonchev–Trinajstić information content (AvgIpc) is 2.46. The van der Waals surface area contributed by atoms with Crippen LogP contribution in [0.25, 0.3) is 0 Å². The fourth-order valence-electron chi connectivity index (χ4n) is 2.49. The van der Waals surface area contributed by atoms with E-state index in [0.29, 0.717) is 17.5 Å². The van der Waals surface area contributed by atoms with Gasteiger partial charge in [-0.05, 0) is 38.6 Å². The number of likely N-dealkylation sites (N-methyl/N-ethyl adjacent to an activating group) is 1. The third-order valence-corrected chi connectivity index (χ3v) is 5.40. The van der Waals surface area contributed by atoms with Crippen LogP contribution in [0.4, 0.5) is 0 Å². The highest BCUT2D eigenvalue weighted by Gasteiger charge is 2.21. The predicted molar refractivity (Wildman–Crippen MR) is 77.0 cm³/mol. The van der Waals surface area contributed by atoms with Gasteiger partial charge in [0.2, 0.25) is 0 Å². The van der Waals surface area contributed by atoms with Crippen molar-refractivity contribution in [2.75, 3.05) is 32.4 Å². The van der Waals surface area contributed by atoms with Gasteiger partial charge in [-0.3, -0.25) is 0 Å². The molecule has 1 N–H and O–H groups in total. The minimum atomic E-state index is -3.15. The summed E-state index contributed by atoms with van der Waals surface area (Å²) in [7, 11) is -1.18. The molecular formula is C14H22N2O2S. The van der Waals surface area contributed by atoms with Gasteiger partial charge >= 0.3 is 0 Å². The van der Waals surface area contributed by atoms with Crippen LogP contribution in [-0.4, -0.2) is 51.8 Å². The highest BCUT2D eigenvalue weighted by molar-refractivity contribution is 7.91. The molecule has 0 radical (unpaired) electrons. The smallest absolute Gasteiger partial charge is 0.179 e. The summed E-state index contributed by atoms with van der Waals surface area (Å²) in [6.07, 6.45) is 2.31. The second-order valence-electron chi connectivity index (χ2n) is 5.06. The van der Waals surface area contributed by atoms with Crippen LogP contribution in [0.1, 0.15) is 12.8 Å².